The Morgan fingerprint density at radius 3 is 2.06 bits per heavy atom. The van der Waals surface area contributed by atoms with Crippen molar-refractivity contribution in [1.29, 1.82) is 0 Å². The van der Waals surface area contributed by atoms with Gasteiger partial charge in [0.1, 0.15) is 0 Å². The van der Waals surface area contributed by atoms with E-state index < -0.39 is 0 Å². The van der Waals surface area contributed by atoms with Gasteiger partial charge in [-0.15, -0.1) is 54.1 Å². The molecule has 66 heavy (non-hydrogen) atoms. The van der Waals surface area contributed by atoms with Gasteiger partial charge in [-0.05, 0) is 81.6 Å². The third-order valence-electron chi connectivity index (χ3n) is 12.9. The fraction of sp³-hybridized carbons (Fsp3) is 0.220. The second kappa shape index (κ2) is 17.4. The Labute approximate surface area is 401 Å². The number of para-hydroxylation sites is 2. The average molecular weight is 1040 g/mol. The number of hydrogen-bond acceptors (Lipinski definition) is 5. The second-order valence-corrected chi connectivity index (χ2v) is 19.3. The largest absolute Gasteiger partial charge is 0.486 e. The summed E-state index contributed by atoms with van der Waals surface area (Å²) in [5, 5.41) is 2.04. The van der Waals surface area contributed by atoms with Crippen molar-refractivity contribution >= 4 is 33.1 Å². The molecule has 0 saturated heterocycles. The Kier molecular flexibility index (Phi) is 11.7. The first-order valence-electron chi connectivity index (χ1n) is 22.7. The van der Waals surface area contributed by atoms with Crippen LogP contribution in [-0.2, 0) is 30.9 Å². The maximum absolute atomic E-state index is 6.77. The molecule has 4 heterocycles. The predicted octanol–water partition coefficient (Wildman–Crippen LogP) is 15.2. The van der Waals surface area contributed by atoms with Gasteiger partial charge in [-0.1, -0.05) is 140 Å². The van der Waals surface area contributed by atoms with E-state index in [2.05, 4.69) is 192 Å². The van der Waals surface area contributed by atoms with Crippen molar-refractivity contribution in [3.63, 3.8) is 0 Å². The Morgan fingerprint density at radius 1 is 0.652 bits per heavy atom. The molecule has 4 aromatic heterocycles. The van der Waals surface area contributed by atoms with Crippen molar-refractivity contribution in [1.82, 2.24) is 24.5 Å². The molecule has 6 aromatic carbocycles. The molecule has 0 unspecified atom stereocenters. The van der Waals surface area contributed by atoms with E-state index in [4.69, 9.17) is 14.4 Å². The number of rotatable bonds is 6. The van der Waals surface area contributed by atoms with Gasteiger partial charge >= 0.3 is 0 Å². The van der Waals surface area contributed by atoms with Gasteiger partial charge in [-0.3, -0.25) is 15.0 Å². The molecule has 0 amide bonds. The van der Waals surface area contributed by atoms with Crippen molar-refractivity contribution in [2.75, 3.05) is 0 Å². The minimum absolute atomic E-state index is 0. The number of pyridine rings is 1. The monoisotopic (exact) mass is 1040 g/mol. The summed E-state index contributed by atoms with van der Waals surface area (Å²) in [6.07, 6.45) is 1.81. The van der Waals surface area contributed by atoms with Crippen LogP contribution in [0.2, 0.25) is 0 Å². The number of aromatic nitrogens is 5. The topological polar surface area (TPSA) is 69.6 Å². The maximum atomic E-state index is 6.77. The third-order valence-corrected chi connectivity index (χ3v) is 12.9. The van der Waals surface area contributed by atoms with Crippen LogP contribution >= 0.6 is 0 Å². The fourth-order valence-corrected chi connectivity index (χ4v) is 9.37. The Balaban J connectivity index is 0.000000273. The van der Waals surface area contributed by atoms with Crippen molar-refractivity contribution < 1.29 is 24.5 Å². The SMILES string of the molecule is CC(C)(C)c1ccnc(-c2[c-]cccc2)n1.CC(C)c1cc(-c2ccccc2)cc(C(C)C)c1-n1c(-c2[c-]ccc3c2oc2nc4c(cc23)C(C)(C)c2ccccc2-4)nc2ccccc21.[Ir]. The van der Waals surface area contributed by atoms with Crippen LogP contribution in [0.15, 0.2) is 150 Å². The first-order valence-corrected chi connectivity index (χ1v) is 22.7. The Hall–Kier alpha value is -6.53. The van der Waals surface area contributed by atoms with Gasteiger partial charge in [0.25, 0.3) is 0 Å². The van der Waals surface area contributed by atoms with Gasteiger partial charge in [0, 0.05) is 59.5 Å². The molecule has 7 heteroatoms. The van der Waals surface area contributed by atoms with Crippen LogP contribution < -0.4 is 0 Å². The van der Waals surface area contributed by atoms with E-state index >= 15 is 0 Å². The first-order chi connectivity index (χ1) is 31.3. The Bertz CT molecular complexity index is 3360. The molecule has 1 aliphatic carbocycles. The van der Waals surface area contributed by atoms with Gasteiger partial charge in [0.05, 0.1) is 34.0 Å². The smallest absolute Gasteiger partial charge is 0.216 e. The number of fused-ring (bicyclic) bond motifs is 7. The summed E-state index contributed by atoms with van der Waals surface area (Å²) in [4.78, 5) is 19.4. The number of furan rings is 1. The molecule has 0 atom stereocenters. The molecule has 6 nitrogen and oxygen atoms in total. The molecule has 0 saturated carbocycles. The van der Waals surface area contributed by atoms with E-state index in [1.165, 1.54) is 44.6 Å². The second-order valence-electron chi connectivity index (χ2n) is 19.3. The molecule has 10 aromatic rings. The van der Waals surface area contributed by atoms with Crippen LogP contribution in [0.1, 0.15) is 102 Å². The number of imidazole rings is 1. The minimum atomic E-state index is -0.152. The van der Waals surface area contributed by atoms with Crippen molar-refractivity contribution in [3.8, 4) is 50.8 Å². The van der Waals surface area contributed by atoms with Gasteiger partial charge in [0.15, 0.2) is 0 Å². The van der Waals surface area contributed by atoms with Crippen LogP contribution in [0.3, 0.4) is 0 Å². The molecule has 11 rings (SSSR count). The summed E-state index contributed by atoms with van der Waals surface area (Å²) in [5.41, 5.74) is 17.0. The van der Waals surface area contributed by atoms with Crippen molar-refractivity contribution in [2.45, 2.75) is 85.0 Å². The zero-order valence-corrected chi connectivity index (χ0v) is 41.4. The zero-order valence-electron chi connectivity index (χ0n) is 39.0. The van der Waals surface area contributed by atoms with E-state index in [1.807, 2.05) is 42.6 Å². The summed E-state index contributed by atoms with van der Waals surface area (Å²) >= 11 is 0. The van der Waals surface area contributed by atoms with Gasteiger partial charge in [0.2, 0.25) is 5.71 Å². The molecule has 0 aliphatic heterocycles. The molecular formula is C59H53IrN5O-2. The van der Waals surface area contributed by atoms with E-state index in [0.29, 0.717) is 5.71 Å². The number of hydrogen-bond donors (Lipinski definition) is 0. The van der Waals surface area contributed by atoms with Gasteiger partial charge in [-0.2, -0.15) is 0 Å². The standard InChI is InChI=1S/C45H38N3O.C14H15N2.Ir/c1-26(2)33-23-29(28-15-8-7-9-16-28)24-34(27(3)4)41(33)48-39-22-13-12-21-38(39)46-43(48)32-19-14-18-30-35-25-37-40(47-44(35)49-42(30)32)31-17-10-11-20-36(31)45(37,5)6;1-14(2,3)12-9-10-15-13(16-12)11-7-5-4-6-8-11;/h7-18,20-27H,1-6H3;4-7,9-10H,1-3H3;/q2*-1;. The predicted molar refractivity (Wildman–Crippen MR) is 267 cm³/mol. The molecule has 0 fully saturated rings. The summed E-state index contributed by atoms with van der Waals surface area (Å²) in [5.74, 6) is 2.11. The molecular weight excluding hydrogens is 987 g/mol. The molecule has 0 bridgehead atoms. The van der Waals surface area contributed by atoms with E-state index in [1.54, 1.807) is 0 Å². The average Bonchev–Trinajstić information content (AvgIpc) is 3.96. The van der Waals surface area contributed by atoms with E-state index in [-0.39, 0.29) is 42.8 Å². The molecule has 331 valence electrons. The summed E-state index contributed by atoms with van der Waals surface area (Å²) in [6, 6.07) is 55.3. The van der Waals surface area contributed by atoms with E-state index in [0.717, 1.165) is 61.6 Å². The molecule has 0 N–H and O–H groups in total. The van der Waals surface area contributed by atoms with Crippen LogP contribution in [0.25, 0.3) is 83.9 Å². The van der Waals surface area contributed by atoms with E-state index in [9.17, 15) is 0 Å². The van der Waals surface area contributed by atoms with Crippen molar-refractivity contribution in [2.24, 2.45) is 0 Å². The normalized spacial score (nSPS) is 12.9. The molecule has 1 radical (unpaired) electrons. The molecule has 1 aliphatic rings. The number of benzene rings is 6. The van der Waals surface area contributed by atoms with Crippen LogP contribution in [-0.4, -0.2) is 24.5 Å². The Morgan fingerprint density at radius 2 is 1.35 bits per heavy atom. The quantitative estimate of drug-likeness (QED) is 0.155. The summed E-state index contributed by atoms with van der Waals surface area (Å²) < 4.78 is 9.13. The van der Waals surface area contributed by atoms with Crippen LogP contribution in [0, 0.1) is 12.1 Å². The maximum Gasteiger partial charge on any atom is 0.216 e. The van der Waals surface area contributed by atoms with Gasteiger partial charge in [-0.25, -0.2) is 4.98 Å². The fourth-order valence-electron chi connectivity index (χ4n) is 9.37. The van der Waals surface area contributed by atoms with Crippen LogP contribution in [0.5, 0.6) is 0 Å². The zero-order chi connectivity index (χ0) is 45.2. The van der Waals surface area contributed by atoms with Crippen molar-refractivity contribution in [3.05, 3.63) is 186 Å². The summed E-state index contributed by atoms with van der Waals surface area (Å²) in [7, 11) is 0. The minimum Gasteiger partial charge on any atom is -0.486 e. The van der Waals surface area contributed by atoms with Crippen LogP contribution in [0.4, 0.5) is 0 Å². The summed E-state index contributed by atoms with van der Waals surface area (Å²) in [6.45, 7) is 20.2. The third kappa shape index (κ3) is 7.78. The number of nitrogens with zero attached hydrogens (tertiary/aromatic N) is 5. The first kappa shape index (κ1) is 44.7. The van der Waals surface area contributed by atoms with Gasteiger partial charge < -0.3 is 8.98 Å². The molecule has 0 spiro atoms.